The molecule has 0 saturated heterocycles. The lowest BCUT2D eigenvalue weighted by Gasteiger charge is -2.24. The number of hydrogen-bond acceptors (Lipinski definition) is 5. The van der Waals surface area contributed by atoms with Gasteiger partial charge in [-0.1, -0.05) is 41.9 Å². The summed E-state index contributed by atoms with van der Waals surface area (Å²) < 4.78 is 0. The average Bonchev–Trinajstić information content (AvgIpc) is 2.57. The highest BCUT2D eigenvalue weighted by Crippen LogP contribution is 2.19. The first kappa shape index (κ1) is 18.6. The molecule has 24 heavy (non-hydrogen) atoms. The lowest BCUT2D eigenvalue weighted by Crippen LogP contribution is -2.28. The Hall–Kier alpha value is -1.69. The fraction of sp³-hybridized carbons (Fsp3) is 0.444. The van der Waals surface area contributed by atoms with Crippen molar-refractivity contribution in [1.29, 1.82) is 0 Å². The molecule has 2 aromatic rings. The summed E-state index contributed by atoms with van der Waals surface area (Å²) in [5.74, 6) is 0.760. The van der Waals surface area contributed by atoms with E-state index in [0.717, 1.165) is 18.1 Å². The number of anilines is 1. The van der Waals surface area contributed by atoms with E-state index in [9.17, 15) is 5.11 Å². The van der Waals surface area contributed by atoms with Gasteiger partial charge in [-0.05, 0) is 19.4 Å². The molecule has 1 heterocycles. The highest BCUT2D eigenvalue weighted by Gasteiger charge is 2.14. The van der Waals surface area contributed by atoms with Crippen LogP contribution in [0.5, 0.6) is 0 Å². The minimum absolute atomic E-state index is 0.0893. The SMILES string of the molecule is CC(C)N(C)c1cnc(CN(CCO)Cc2ccccc2)c(Cl)n1. The summed E-state index contributed by atoms with van der Waals surface area (Å²) in [7, 11) is 1.97. The number of hydrogen-bond donors (Lipinski definition) is 1. The summed E-state index contributed by atoms with van der Waals surface area (Å²) in [6.07, 6.45) is 1.75. The van der Waals surface area contributed by atoms with E-state index in [1.54, 1.807) is 6.20 Å². The normalized spacial score (nSPS) is 11.3. The van der Waals surface area contributed by atoms with Crippen LogP contribution in [0.25, 0.3) is 0 Å². The van der Waals surface area contributed by atoms with E-state index in [4.69, 9.17) is 11.6 Å². The van der Waals surface area contributed by atoms with Gasteiger partial charge < -0.3 is 10.0 Å². The van der Waals surface area contributed by atoms with Crippen LogP contribution in [0.3, 0.4) is 0 Å². The molecule has 0 aliphatic rings. The number of halogens is 1. The first-order chi connectivity index (χ1) is 11.5. The Labute approximate surface area is 148 Å². The molecule has 0 unspecified atom stereocenters. The molecule has 1 aromatic carbocycles. The maximum absolute atomic E-state index is 9.32. The van der Waals surface area contributed by atoms with Gasteiger partial charge in [0.15, 0.2) is 5.15 Å². The molecule has 0 radical (unpaired) electrons. The third-order valence-corrected chi connectivity index (χ3v) is 4.26. The van der Waals surface area contributed by atoms with Crippen molar-refractivity contribution in [2.75, 3.05) is 25.1 Å². The van der Waals surface area contributed by atoms with Crippen LogP contribution in [-0.2, 0) is 13.1 Å². The number of rotatable bonds is 8. The topological polar surface area (TPSA) is 52.5 Å². The van der Waals surface area contributed by atoms with Gasteiger partial charge in [0.05, 0.1) is 18.5 Å². The van der Waals surface area contributed by atoms with Crippen molar-refractivity contribution in [3.05, 3.63) is 52.9 Å². The Bertz CT molecular complexity index is 636. The van der Waals surface area contributed by atoms with Crippen LogP contribution in [0.15, 0.2) is 36.5 Å². The monoisotopic (exact) mass is 348 g/mol. The number of aliphatic hydroxyl groups excluding tert-OH is 1. The number of aliphatic hydroxyl groups is 1. The van der Waals surface area contributed by atoms with Gasteiger partial charge in [-0.25, -0.2) is 4.98 Å². The van der Waals surface area contributed by atoms with Crippen molar-refractivity contribution in [3.8, 4) is 0 Å². The predicted molar refractivity (Wildman–Crippen MR) is 98.2 cm³/mol. The fourth-order valence-corrected chi connectivity index (χ4v) is 2.53. The van der Waals surface area contributed by atoms with Crippen molar-refractivity contribution >= 4 is 17.4 Å². The molecule has 6 heteroatoms. The van der Waals surface area contributed by atoms with Gasteiger partial charge in [0.25, 0.3) is 0 Å². The summed E-state index contributed by atoms with van der Waals surface area (Å²) in [4.78, 5) is 13.1. The summed E-state index contributed by atoms with van der Waals surface area (Å²) in [5, 5.41) is 9.74. The van der Waals surface area contributed by atoms with Crippen LogP contribution in [0.1, 0.15) is 25.1 Å². The molecule has 0 saturated carbocycles. The van der Waals surface area contributed by atoms with Gasteiger partial charge in [0.2, 0.25) is 0 Å². The lowest BCUT2D eigenvalue weighted by molar-refractivity contribution is 0.183. The van der Waals surface area contributed by atoms with E-state index >= 15 is 0 Å². The quantitative estimate of drug-likeness (QED) is 0.794. The van der Waals surface area contributed by atoms with E-state index < -0.39 is 0 Å². The maximum Gasteiger partial charge on any atom is 0.154 e. The highest BCUT2D eigenvalue weighted by atomic mass is 35.5. The van der Waals surface area contributed by atoms with Gasteiger partial charge in [-0.2, -0.15) is 0 Å². The largest absolute Gasteiger partial charge is 0.395 e. The van der Waals surface area contributed by atoms with E-state index in [-0.39, 0.29) is 6.61 Å². The Balaban J connectivity index is 2.11. The van der Waals surface area contributed by atoms with Crippen molar-refractivity contribution < 1.29 is 5.11 Å². The van der Waals surface area contributed by atoms with E-state index in [0.29, 0.717) is 24.3 Å². The van der Waals surface area contributed by atoms with Crippen LogP contribution < -0.4 is 4.90 Å². The van der Waals surface area contributed by atoms with Crippen LogP contribution in [0.4, 0.5) is 5.82 Å². The van der Waals surface area contributed by atoms with E-state index in [1.807, 2.05) is 30.1 Å². The van der Waals surface area contributed by atoms with Crippen LogP contribution >= 0.6 is 11.6 Å². The van der Waals surface area contributed by atoms with E-state index in [2.05, 4.69) is 40.8 Å². The second-order valence-electron chi connectivity index (χ2n) is 6.09. The van der Waals surface area contributed by atoms with Crippen LogP contribution in [0, 0.1) is 0 Å². The lowest BCUT2D eigenvalue weighted by atomic mass is 10.2. The van der Waals surface area contributed by atoms with Gasteiger partial charge in [0, 0.05) is 32.7 Å². The molecular weight excluding hydrogens is 324 g/mol. The highest BCUT2D eigenvalue weighted by molar-refractivity contribution is 6.30. The second kappa shape index (κ2) is 8.97. The molecule has 0 bridgehead atoms. The van der Waals surface area contributed by atoms with Gasteiger partial charge in [-0.3, -0.25) is 9.88 Å². The predicted octanol–water partition coefficient (Wildman–Crippen LogP) is 2.97. The number of nitrogens with zero attached hydrogens (tertiary/aromatic N) is 4. The summed E-state index contributed by atoms with van der Waals surface area (Å²) in [6, 6.07) is 10.5. The zero-order chi connectivity index (χ0) is 17.5. The molecule has 0 aliphatic heterocycles. The smallest absolute Gasteiger partial charge is 0.154 e. The number of aromatic nitrogens is 2. The van der Waals surface area contributed by atoms with Gasteiger partial charge in [-0.15, -0.1) is 0 Å². The Morgan fingerprint density at radius 3 is 2.46 bits per heavy atom. The fourth-order valence-electron chi connectivity index (χ4n) is 2.33. The summed E-state index contributed by atoms with van der Waals surface area (Å²) in [6.45, 7) is 6.10. The Morgan fingerprint density at radius 2 is 1.88 bits per heavy atom. The molecule has 1 N–H and O–H groups in total. The minimum Gasteiger partial charge on any atom is -0.395 e. The molecule has 2 rings (SSSR count). The second-order valence-corrected chi connectivity index (χ2v) is 6.45. The van der Waals surface area contributed by atoms with Crippen molar-refractivity contribution in [1.82, 2.24) is 14.9 Å². The molecule has 5 nitrogen and oxygen atoms in total. The first-order valence-electron chi connectivity index (χ1n) is 8.12. The third kappa shape index (κ3) is 5.16. The molecule has 0 atom stereocenters. The minimum atomic E-state index is 0.0893. The molecule has 130 valence electrons. The molecular formula is C18H25ClN4O. The zero-order valence-corrected chi connectivity index (χ0v) is 15.2. The number of benzene rings is 1. The zero-order valence-electron chi connectivity index (χ0n) is 14.5. The Kier molecular flexibility index (Phi) is 6.97. The van der Waals surface area contributed by atoms with Crippen molar-refractivity contribution in [2.45, 2.75) is 33.0 Å². The van der Waals surface area contributed by atoms with Crippen molar-refractivity contribution in [3.63, 3.8) is 0 Å². The molecule has 0 fully saturated rings. The standard InChI is InChI=1S/C18H25ClN4O/c1-14(2)22(3)17-11-20-16(18(19)21-17)13-23(9-10-24)12-15-7-5-4-6-8-15/h4-8,11,14,24H,9-10,12-13H2,1-3H3. The summed E-state index contributed by atoms with van der Waals surface area (Å²) >= 11 is 6.34. The molecule has 1 aromatic heterocycles. The van der Waals surface area contributed by atoms with Gasteiger partial charge in [0.1, 0.15) is 5.82 Å². The molecule has 0 aliphatic carbocycles. The van der Waals surface area contributed by atoms with Crippen LogP contribution in [-0.4, -0.2) is 46.2 Å². The first-order valence-corrected chi connectivity index (χ1v) is 8.50. The third-order valence-electron chi connectivity index (χ3n) is 3.96. The molecule has 0 spiro atoms. The average molecular weight is 349 g/mol. The van der Waals surface area contributed by atoms with Crippen LogP contribution in [0.2, 0.25) is 5.15 Å². The maximum atomic E-state index is 9.32. The summed E-state index contributed by atoms with van der Waals surface area (Å²) in [5.41, 5.74) is 1.91. The molecule has 0 amide bonds. The Morgan fingerprint density at radius 1 is 1.17 bits per heavy atom. The van der Waals surface area contributed by atoms with E-state index in [1.165, 1.54) is 5.56 Å². The van der Waals surface area contributed by atoms with Crippen molar-refractivity contribution in [2.24, 2.45) is 0 Å². The van der Waals surface area contributed by atoms with Gasteiger partial charge >= 0.3 is 0 Å².